The van der Waals surface area contributed by atoms with Crippen LogP contribution in [-0.4, -0.2) is 13.0 Å². The zero-order valence-corrected chi connectivity index (χ0v) is 15.0. The summed E-state index contributed by atoms with van der Waals surface area (Å²) in [6.45, 7) is 2.02. The van der Waals surface area contributed by atoms with Crippen LogP contribution in [0.1, 0.15) is 11.1 Å². The summed E-state index contributed by atoms with van der Waals surface area (Å²) in [7, 11) is 1.65. The van der Waals surface area contributed by atoms with Crippen LogP contribution in [0.3, 0.4) is 0 Å². The van der Waals surface area contributed by atoms with Gasteiger partial charge in [0, 0.05) is 23.1 Å². The molecule has 0 saturated carbocycles. The highest BCUT2D eigenvalue weighted by Crippen LogP contribution is 2.22. The molecule has 0 saturated heterocycles. The van der Waals surface area contributed by atoms with E-state index in [-0.39, 0.29) is 5.91 Å². The lowest BCUT2D eigenvalue weighted by molar-refractivity contribution is -0.115. The molecule has 0 spiro atoms. The van der Waals surface area contributed by atoms with Crippen LogP contribution in [0, 0.1) is 6.92 Å². The van der Waals surface area contributed by atoms with Gasteiger partial charge in [0.1, 0.15) is 5.75 Å². The van der Waals surface area contributed by atoms with E-state index >= 15 is 0 Å². The van der Waals surface area contributed by atoms with Gasteiger partial charge >= 0.3 is 0 Å². The van der Waals surface area contributed by atoms with Crippen molar-refractivity contribution in [3.63, 3.8) is 0 Å². The fourth-order valence-electron chi connectivity index (χ4n) is 2.72. The zero-order valence-electron chi connectivity index (χ0n) is 15.0. The number of anilines is 3. The van der Waals surface area contributed by atoms with Crippen LogP contribution in [-0.2, 0) is 11.2 Å². The van der Waals surface area contributed by atoms with Gasteiger partial charge in [-0.2, -0.15) is 0 Å². The van der Waals surface area contributed by atoms with Crippen molar-refractivity contribution < 1.29 is 9.53 Å². The van der Waals surface area contributed by atoms with Crippen molar-refractivity contribution in [2.24, 2.45) is 0 Å². The number of benzene rings is 3. The van der Waals surface area contributed by atoms with Crippen molar-refractivity contribution in [3.05, 3.63) is 83.9 Å². The van der Waals surface area contributed by atoms with E-state index in [4.69, 9.17) is 4.74 Å². The molecule has 4 nitrogen and oxygen atoms in total. The van der Waals surface area contributed by atoms with Gasteiger partial charge in [0.05, 0.1) is 13.5 Å². The van der Waals surface area contributed by atoms with E-state index in [9.17, 15) is 4.79 Å². The quantitative estimate of drug-likeness (QED) is 0.665. The second-order valence-corrected chi connectivity index (χ2v) is 6.15. The third kappa shape index (κ3) is 4.86. The van der Waals surface area contributed by atoms with E-state index < -0.39 is 0 Å². The summed E-state index contributed by atoms with van der Waals surface area (Å²) in [6, 6.07) is 23.4. The Bertz CT molecular complexity index is 889. The normalized spacial score (nSPS) is 10.2. The lowest BCUT2D eigenvalue weighted by Gasteiger charge is -2.10. The number of carbonyl (C=O) groups is 1. The highest BCUT2D eigenvalue weighted by molar-refractivity contribution is 5.92. The van der Waals surface area contributed by atoms with Crippen LogP contribution in [0.2, 0.25) is 0 Å². The fraction of sp³-hybridized carbons (Fsp3) is 0.136. The maximum Gasteiger partial charge on any atom is 0.228 e. The van der Waals surface area contributed by atoms with Gasteiger partial charge in [-0.3, -0.25) is 4.79 Å². The van der Waals surface area contributed by atoms with Gasteiger partial charge in [-0.05, 0) is 48.9 Å². The Morgan fingerprint density at radius 2 is 1.62 bits per heavy atom. The third-order valence-electron chi connectivity index (χ3n) is 3.97. The van der Waals surface area contributed by atoms with E-state index in [2.05, 4.69) is 10.6 Å². The van der Waals surface area contributed by atoms with Crippen molar-refractivity contribution >= 4 is 23.0 Å². The van der Waals surface area contributed by atoms with E-state index in [0.717, 1.165) is 33.9 Å². The summed E-state index contributed by atoms with van der Waals surface area (Å²) in [5.74, 6) is 0.777. The van der Waals surface area contributed by atoms with Crippen LogP contribution in [0.15, 0.2) is 72.8 Å². The predicted octanol–water partition coefficient (Wildman–Crippen LogP) is 4.93. The first kappa shape index (κ1) is 17.5. The smallest absolute Gasteiger partial charge is 0.228 e. The molecule has 132 valence electrons. The number of hydrogen-bond donors (Lipinski definition) is 2. The minimum atomic E-state index is -0.0240. The molecule has 3 aromatic carbocycles. The second kappa shape index (κ2) is 8.21. The molecule has 0 unspecified atom stereocenters. The molecule has 0 bridgehead atoms. The monoisotopic (exact) mass is 346 g/mol. The highest BCUT2D eigenvalue weighted by atomic mass is 16.5. The predicted molar refractivity (Wildman–Crippen MR) is 106 cm³/mol. The number of ether oxygens (including phenoxy) is 1. The molecule has 0 heterocycles. The third-order valence-corrected chi connectivity index (χ3v) is 3.97. The van der Waals surface area contributed by atoms with Gasteiger partial charge in [-0.25, -0.2) is 0 Å². The van der Waals surface area contributed by atoms with Crippen LogP contribution in [0.5, 0.6) is 5.75 Å². The maximum absolute atomic E-state index is 12.2. The molecule has 0 aromatic heterocycles. The van der Waals surface area contributed by atoms with Gasteiger partial charge in [-0.1, -0.05) is 35.9 Å². The van der Waals surface area contributed by atoms with Gasteiger partial charge in [0.2, 0.25) is 5.91 Å². The minimum Gasteiger partial charge on any atom is -0.497 e. The van der Waals surface area contributed by atoms with Crippen molar-refractivity contribution in [2.45, 2.75) is 13.3 Å². The largest absolute Gasteiger partial charge is 0.497 e. The number of rotatable bonds is 6. The Morgan fingerprint density at radius 1 is 0.885 bits per heavy atom. The highest BCUT2D eigenvalue weighted by Gasteiger charge is 2.05. The summed E-state index contributed by atoms with van der Waals surface area (Å²) >= 11 is 0. The van der Waals surface area contributed by atoms with Gasteiger partial charge in [0.25, 0.3) is 0 Å². The molecule has 3 rings (SSSR count). The summed E-state index contributed by atoms with van der Waals surface area (Å²) in [5.41, 5.74) is 4.83. The van der Waals surface area contributed by atoms with Crippen LogP contribution >= 0.6 is 0 Å². The van der Waals surface area contributed by atoms with Gasteiger partial charge in [0.15, 0.2) is 0 Å². The van der Waals surface area contributed by atoms with Crippen LogP contribution in [0.4, 0.5) is 17.1 Å². The SMILES string of the molecule is COc1cccc(Nc2ccc(NC(=O)Cc3cccc(C)c3)cc2)c1. The van der Waals surface area contributed by atoms with Crippen molar-refractivity contribution in [1.82, 2.24) is 0 Å². The Morgan fingerprint density at radius 3 is 2.35 bits per heavy atom. The maximum atomic E-state index is 12.2. The molecule has 0 radical (unpaired) electrons. The number of hydrogen-bond acceptors (Lipinski definition) is 3. The zero-order chi connectivity index (χ0) is 18.4. The standard InChI is InChI=1S/C22H22N2O2/c1-16-5-3-6-17(13-16)14-22(25)24-19-11-9-18(10-12-19)23-20-7-4-8-21(15-20)26-2/h3-13,15,23H,14H2,1-2H3,(H,24,25). The van der Waals surface area contributed by atoms with Gasteiger partial charge < -0.3 is 15.4 Å². The minimum absolute atomic E-state index is 0.0240. The number of aryl methyl sites for hydroxylation is 1. The first-order valence-electron chi connectivity index (χ1n) is 8.49. The first-order valence-corrected chi connectivity index (χ1v) is 8.49. The molecule has 26 heavy (non-hydrogen) atoms. The molecule has 0 atom stereocenters. The number of methoxy groups -OCH3 is 1. The topological polar surface area (TPSA) is 50.4 Å². The van der Waals surface area contributed by atoms with E-state index in [1.54, 1.807) is 7.11 Å². The Labute approximate surface area is 153 Å². The number of carbonyl (C=O) groups excluding carboxylic acids is 1. The van der Waals surface area contributed by atoms with Gasteiger partial charge in [-0.15, -0.1) is 0 Å². The second-order valence-electron chi connectivity index (χ2n) is 6.15. The van der Waals surface area contributed by atoms with E-state index in [1.165, 1.54) is 0 Å². The van der Waals surface area contributed by atoms with Crippen molar-refractivity contribution in [2.75, 3.05) is 17.7 Å². The average molecular weight is 346 g/mol. The Balaban J connectivity index is 1.59. The lowest BCUT2D eigenvalue weighted by Crippen LogP contribution is -2.14. The average Bonchev–Trinajstić information content (AvgIpc) is 2.63. The number of amides is 1. The molecule has 2 N–H and O–H groups in total. The Kier molecular flexibility index (Phi) is 5.54. The molecule has 0 aliphatic heterocycles. The molecular weight excluding hydrogens is 324 g/mol. The molecule has 0 aliphatic rings. The fourth-order valence-corrected chi connectivity index (χ4v) is 2.72. The lowest BCUT2D eigenvalue weighted by atomic mass is 10.1. The molecule has 0 fully saturated rings. The molecule has 4 heteroatoms. The van der Waals surface area contributed by atoms with Crippen molar-refractivity contribution in [3.8, 4) is 5.75 Å². The first-order chi connectivity index (χ1) is 12.6. The summed E-state index contributed by atoms with van der Waals surface area (Å²) < 4.78 is 5.22. The Hall–Kier alpha value is -3.27. The van der Waals surface area contributed by atoms with Crippen molar-refractivity contribution in [1.29, 1.82) is 0 Å². The molecule has 0 aliphatic carbocycles. The molecular formula is C22H22N2O2. The summed E-state index contributed by atoms with van der Waals surface area (Å²) in [4.78, 5) is 12.2. The molecule has 3 aromatic rings. The van der Waals surface area contributed by atoms with E-state index in [0.29, 0.717) is 6.42 Å². The number of nitrogens with one attached hydrogen (secondary N) is 2. The van der Waals surface area contributed by atoms with Crippen LogP contribution in [0.25, 0.3) is 0 Å². The molecule has 1 amide bonds. The van der Waals surface area contributed by atoms with Crippen LogP contribution < -0.4 is 15.4 Å². The van der Waals surface area contributed by atoms with E-state index in [1.807, 2.05) is 79.7 Å². The summed E-state index contributed by atoms with van der Waals surface area (Å²) in [5, 5.41) is 6.24. The summed E-state index contributed by atoms with van der Waals surface area (Å²) in [6.07, 6.45) is 0.367.